The molecule has 0 aliphatic rings. The van der Waals surface area contributed by atoms with Crippen molar-refractivity contribution in [3.63, 3.8) is 0 Å². The van der Waals surface area contributed by atoms with Crippen LogP contribution in [0.1, 0.15) is 28.3 Å². The van der Waals surface area contributed by atoms with Crippen molar-refractivity contribution >= 4 is 17.6 Å². The van der Waals surface area contributed by atoms with E-state index in [0.29, 0.717) is 18.1 Å². The Morgan fingerprint density at radius 3 is 2.59 bits per heavy atom. The second-order valence-electron chi connectivity index (χ2n) is 6.37. The molecule has 3 rings (SSSR count). The van der Waals surface area contributed by atoms with Crippen molar-refractivity contribution in [2.75, 3.05) is 0 Å². The SMILES string of the molecule is Cc1ncc(C(=O)NC(CCc2cccnc2)C(=O)C(N)=O)n1-c1ccccn1. The summed E-state index contributed by atoms with van der Waals surface area (Å²) in [6, 6.07) is 7.84. The van der Waals surface area contributed by atoms with Crippen LogP contribution in [-0.4, -0.2) is 43.2 Å². The molecule has 3 heterocycles. The predicted octanol–water partition coefficient (Wildman–Crippen LogP) is 0.756. The third-order valence-corrected chi connectivity index (χ3v) is 4.36. The van der Waals surface area contributed by atoms with Crippen molar-refractivity contribution in [2.24, 2.45) is 5.73 Å². The molecule has 2 amide bonds. The van der Waals surface area contributed by atoms with Gasteiger partial charge in [-0.25, -0.2) is 9.97 Å². The number of nitrogens with one attached hydrogen (secondary N) is 1. The number of aryl methyl sites for hydroxylation is 2. The smallest absolute Gasteiger partial charge is 0.287 e. The molecule has 9 nitrogen and oxygen atoms in total. The van der Waals surface area contributed by atoms with Gasteiger partial charge in [-0.1, -0.05) is 12.1 Å². The van der Waals surface area contributed by atoms with Crippen LogP contribution in [0.4, 0.5) is 0 Å². The van der Waals surface area contributed by atoms with Crippen molar-refractivity contribution < 1.29 is 14.4 Å². The van der Waals surface area contributed by atoms with E-state index in [4.69, 9.17) is 5.73 Å². The number of pyridine rings is 2. The number of carbonyl (C=O) groups is 3. The lowest BCUT2D eigenvalue weighted by atomic mass is 10.0. The van der Waals surface area contributed by atoms with Crippen molar-refractivity contribution in [1.29, 1.82) is 0 Å². The second-order valence-corrected chi connectivity index (χ2v) is 6.37. The maximum absolute atomic E-state index is 12.9. The lowest BCUT2D eigenvalue weighted by molar-refractivity contribution is -0.137. The fourth-order valence-electron chi connectivity index (χ4n) is 2.91. The third kappa shape index (κ3) is 4.70. The molecule has 0 spiro atoms. The van der Waals surface area contributed by atoms with Gasteiger partial charge < -0.3 is 11.1 Å². The summed E-state index contributed by atoms with van der Waals surface area (Å²) < 4.78 is 1.57. The van der Waals surface area contributed by atoms with Crippen LogP contribution in [0, 0.1) is 6.92 Å². The van der Waals surface area contributed by atoms with Crippen molar-refractivity contribution in [1.82, 2.24) is 24.8 Å². The number of primary amides is 1. The average Bonchev–Trinajstić information content (AvgIpc) is 3.13. The Kier molecular flexibility index (Phi) is 6.08. The van der Waals surface area contributed by atoms with Crippen molar-refractivity contribution in [3.8, 4) is 5.82 Å². The predicted molar refractivity (Wildman–Crippen MR) is 104 cm³/mol. The molecular formula is C20H20N6O3. The molecule has 3 N–H and O–H groups in total. The highest BCUT2D eigenvalue weighted by Gasteiger charge is 2.27. The van der Waals surface area contributed by atoms with E-state index in [0.717, 1.165) is 5.56 Å². The van der Waals surface area contributed by atoms with Gasteiger partial charge in [-0.05, 0) is 43.5 Å². The highest BCUT2D eigenvalue weighted by Crippen LogP contribution is 2.13. The van der Waals surface area contributed by atoms with E-state index in [1.807, 2.05) is 6.07 Å². The van der Waals surface area contributed by atoms with Gasteiger partial charge in [0.1, 0.15) is 17.3 Å². The number of hydrogen-bond donors (Lipinski definition) is 2. The molecule has 9 heteroatoms. The first-order valence-electron chi connectivity index (χ1n) is 8.96. The Balaban J connectivity index is 1.82. The molecule has 0 fully saturated rings. The van der Waals surface area contributed by atoms with Crippen LogP contribution in [0.15, 0.2) is 55.1 Å². The van der Waals surface area contributed by atoms with Crippen LogP contribution < -0.4 is 11.1 Å². The second kappa shape index (κ2) is 8.87. The summed E-state index contributed by atoms with van der Waals surface area (Å²) in [5.74, 6) is -1.44. The number of aromatic nitrogens is 4. The Morgan fingerprint density at radius 2 is 1.93 bits per heavy atom. The number of ketones is 1. The molecule has 1 unspecified atom stereocenters. The van der Waals surface area contributed by atoms with E-state index in [1.165, 1.54) is 6.20 Å². The Labute approximate surface area is 167 Å². The molecule has 0 bridgehead atoms. The average molecular weight is 392 g/mol. The lowest BCUT2D eigenvalue weighted by Crippen LogP contribution is -2.46. The zero-order chi connectivity index (χ0) is 20.8. The van der Waals surface area contributed by atoms with Crippen molar-refractivity contribution in [3.05, 3.63) is 72.2 Å². The zero-order valence-electron chi connectivity index (χ0n) is 15.8. The molecule has 0 aliphatic heterocycles. The Hall–Kier alpha value is -3.88. The summed E-state index contributed by atoms with van der Waals surface area (Å²) >= 11 is 0. The lowest BCUT2D eigenvalue weighted by Gasteiger charge is -2.17. The minimum atomic E-state index is -1.10. The number of Topliss-reactive ketones (excluding diaryl/α,β-unsaturated/α-hetero) is 1. The monoisotopic (exact) mass is 392 g/mol. The van der Waals surface area contributed by atoms with Gasteiger partial charge >= 0.3 is 0 Å². The molecule has 3 aromatic heterocycles. The fourth-order valence-corrected chi connectivity index (χ4v) is 2.91. The molecule has 0 radical (unpaired) electrons. The maximum Gasteiger partial charge on any atom is 0.287 e. The van der Waals surface area contributed by atoms with Crippen LogP contribution >= 0.6 is 0 Å². The number of amides is 2. The molecule has 1 atom stereocenters. The first kappa shape index (κ1) is 19.9. The molecule has 0 aliphatic carbocycles. The van der Waals surface area contributed by atoms with Gasteiger partial charge in [0, 0.05) is 18.6 Å². The summed E-state index contributed by atoms with van der Waals surface area (Å²) in [5.41, 5.74) is 6.24. The van der Waals surface area contributed by atoms with Gasteiger partial charge in [-0.15, -0.1) is 0 Å². The number of carbonyl (C=O) groups excluding carboxylic acids is 3. The number of nitrogens with zero attached hydrogens (tertiary/aromatic N) is 4. The van der Waals surface area contributed by atoms with Gasteiger partial charge in [0.25, 0.3) is 11.8 Å². The number of nitrogens with two attached hydrogens (primary N) is 1. The molecule has 3 aromatic rings. The Morgan fingerprint density at radius 1 is 1.10 bits per heavy atom. The van der Waals surface area contributed by atoms with Crippen LogP contribution in [0.3, 0.4) is 0 Å². The van der Waals surface area contributed by atoms with Gasteiger partial charge in [-0.3, -0.25) is 23.9 Å². The molecule has 29 heavy (non-hydrogen) atoms. The zero-order valence-corrected chi connectivity index (χ0v) is 15.8. The van der Waals surface area contributed by atoms with E-state index in [9.17, 15) is 14.4 Å². The quantitative estimate of drug-likeness (QED) is 0.544. The van der Waals surface area contributed by atoms with Gasteiger partial charge in [0.15, 0.2) is 0 Å². The minimum Gasteiger partial charge on any atom is -0.363 e. The third-order valence-electron chi connectivity index (χ3n) is 4.36. The number of rotatable bonds is 8. The standard InChI is InChI=1S/C20H20N6O3/c1-13-24-12-16(26(13)17-6-2-3-10-23-17)20(29)25-15(18(27)19(21)28)8-7-14-5-4-9-22-11-14/h2-6,9-12,15H,7-8H2,1H3,(H2,21,28)(H,25,29). The maximum atomic E-state index is 12.9. The van der Waals surface area contributed by atoms with Gasteiger partial charge in [0.05, 0.1) is 12.2 Å². The molecule has 0 saturated heterocycles. The Bertz CT molecular complexity index is 1020. The molecular weight excluding hydrogens is 372 g/mol. The van der Waals surface area contributed by atoms with Crippen LogP contribution in [0.2, 0.25) is 0 Å². The fraction of sp³-hybridized carbons (Fsp3) is 0.200. The van der Waals surface area contributed by atoms with Crippen LogP contribution in [0.5, 0.6) is 0 Å². The highest BCUT2D eigenvalue weighted by atomic mass is 16.2. The topological polar surface area (TPSA) is 133 Å². The van der Waals surface area contributed by atoms with E-state index < -0.39 is 23.6 Å². The van der Waals surface area contributed by atoms with Crippen molar-refractivity contribution in [2.45, 2.75) is 25.8 Å². The number of hydrogen-bond acceptors (Lipinski definition) is 6. The van der Waals surface area contributed by atoms with E-state index in [1.54, 1.807) is 54.3 Å². The largest absolute Gasteiger partial charge is 0.363 e. The van der Waals surface area contributed by atoms with E-state index in [2.05, 4.69) is 20.3 Å². The summed E-state index contributed by atoms with van der Waals surface area (Å²) in [6.07, 6.45) is 6.94. The molecule has 0 aromatic carbocycles. The van der Waals surface area contributed by atoms with Crippen LogP contribution in [0.25, 0.3) is 5.82 Å². The molecule has 148 valence electrons. The highest BCUT2D eigenvalue weighted by molar-refractivity contribution is 6.38. The summed E-state index contributed by atoms with van der Waals surface area (Å²) in [6.45, 7) is 1.74. The van der Waals surface area contributed by atoms with Crippen LogP contribution in [-0.2, 0) is 16.0 Å². The van der Waals surface area contributed by atoms with E-state index in [-0.39, 0.29) is 12.1 Å². The summed E-state index contributed by atoms with van der Waals surface area (Å²) in [7, 11) is 0. The minimum absolute atomic E-state index is 0.199. The normalized spacial score (nSPS) is 11.6. The van der Waals surface area contributed by atoms with Gasteiger partial charge in [0.2, 0.25) is 5.78 Å². The van der Waals surface area contributed by atoms with Gasteiger partial charge in [-0.2, -0.15) is 0 Å². The summed E-state index contributed by atoms with van der Waals surface area (Å²) in [4.78, 5) is 49.0. The first-order valence-corrected chi connectivity index (χ1v) is 8.96. The first-order chi connectivity index (χ1) is 14.0. The number of imidazole rings is 1. The van der Waals surface area contributed by atoms with E-state index >= 15 is 0 Å². The molecule has 0 saturated carbocycles. The summed E-state index contributed by atoms with van der Waals surface area (Å²) in [5, 5.41) is 2.61.